The monoisotopic (exact) mass is 386 g/mol. The zero-order valence-electron chi connectivity index (χ0n) is 17.2. The number of rotatable bonds is 7. The zero-order valence-corrected chi connectivity index (χ0v) is 17.2. The summed E-state index contributed by atoms with van der Waals surface area (Å²) in [6.45, 7) is 6.29. The van der Waals surface area contributed by atoms with E-state index in [9.17, 15) is 0 Å². The molecule has 0 saturated carbocycles. The quantitative estimate of drug-likeness (QED) is 0.377. The van der Waals surface area contributed by atoms with Crippen molar-refractivity contribution in [1.29, 1.82) is 0 Å². The van der Waals surface area contributed by atoms with Crippen LogP contribution in [0.3, 0.4) is 0 Å². The van der Waals surface area contributed by atoms with E-state index in [1.807, 2.05) is 24.3 Å². The summed E-state index contributed by atoms with van der Waals surface area (Å²) in [4.78, 5) is 0. The molecule has 0 unspecified atom stereocenters. The number of hydrogen-bond donors (Lipinski definition) is 0. The number of ether oxygens (including phenoxy) is 1. The lowest BCUT2D eigenvalue weighted by Gasteiger charge is -2.24. The Labute approximate surface area is 171 Å². The smallest absolute Gasteiger partial charge is 0.247 e. The third-order valence-corrected chi connectivity index (χ3v) is 5.26. The molecule has 0 aliphatic heterocycles. The summed E-state index contributed by atoms with van der Waals surface area (Å²) in [5.41, 5.74) is 1.99. The molecule has 148 valence electrons. The van der Waals surface area contributed by atoms with Crippen molar-refractivity contribution in [2.75, 3.05) is 0 Å². The van der Waals surface area contributed by atoms with Gasteiger partial charge in [0.15, 0.2) is 0 Å². The molecule has 3 aromatic carbocycles. The molecule has 4 nitrogen and oxygen atoms in total. The van der Waals surface area contributed by atoms with Gasteiger partial charge >= 0.3 is 0 Å². The molecule has 29 heavy (non-hydrogen) atoms. The van der Waals surface area contributed by atoms with Crippen LogP contribution in [0.4, 0.5) is 0 Å². The van der Waals surface area contributed by atoms with Gasteiger partial charge in [-0.2, -0.15) is 0 Å². The van der Waals surface area contributed by atoms with E-state index in [2.05, 4.69) is 73.4 Å². The molecular formula is C25H26N2O2. The second kappa shape index (κ2) is 8.08. The maximum atomic E-state index is 6.00. The highest BCUT2D eigenvalue weighted by Crippen LogP contribution is 2.25. The zero-order chi connectivity index (χ0) is 20.3. The number of aryl methyl sites for hydroxylation is 2. The third-order valence-electron chi connectivity index (χ3n) is 5.26. The average molecular weight is 386 g/mol. The normalized spacial score (nSPS) is 11.7. The van der Waals surface area contributed by atoms with Gasteiger partial charge in [-0.05, 0) is 67.3 Å². The Hall–Kier alpha value is -3.14. The van der Waals surface area contributed by atoms with Crippen molar-refractivity contribution in [3.63, 3.8) is 0 Å². The highest BCUT2D eigenvalue weighted by atomic mass is 16.5. The molecule has 4 heteroatoms. The minimum atomic E-state index is -0.179. The minimum Gasteiger partial charge on any atom is -0.488 e. The van der Waals surface area contributed by atoms with Crippen molar-refractivity contribution < 1.29 is 9.15 Å². The summed E-state index contributed by atoms with van der Waals surface area (Å²) >= 11 is 0. The van der Waals surface area contributed by atoms with Gasteiger partial charge in [-0.25, -0.2) is 0 Å². The molecule has 4 aromatic rings. The fraction of sp³-hybridized carbons (Fsp3) is 0.280. The topological polar surface area (TPSA) is 48.2 Å². The highest BCUT2D eigenvalue weighted by Gasteiger charge is 2.17. The Bertz CT molecular complexity index is 1100. The van der Waals surface area contributed by atoms with Crippen molar-refractivity contribution in [2.45, 2.75) is 45.6 Å². The van der Waals surface area contributed by atoms with E-state index in [4.69, 9.17) is 9.15 Å². The Morgan fingerprint density at radius 3 is 2.38 bits per heavy atom. The molecule has 4 rings (SSSR count). The standard InChI is InChI=1S/C25H26N2O2/c1-4-25(2,3)29-22-14-12-20(13-15-22)24-27-26-23(28-24)16-10-18-9-11-19-7-5-6-8-21(19)17-18/h5-9,11-15,17H,4,10,16H2,1-3H3. The third kappa shape index (κ3) is 4.65. The first-order valence-electron chi connectivity index (χ1n) is 10.1. The predicted octanol–water partition coefficient (Wildman–Crippen LogP) is 6.24. The van der Waals surface area contributed by atoms with E-state index in [0.717, 1.165) is 30.6 Å². The molecule has 0 fully saturated rings. The lowest BCUT2D eigenvalue weighted by molar-refractivity contribution is 0.105. The first kappa shape index (κ1) is 19.2. The van der Waals surface area contributed by atoms with E-state index >= 15 is 0 Å². The number of aromatic nitrogens is 2. The number of benzene rings is 3. The van der Waals surface area contributed by atoms with Crippen LogP contribution in [0.15, 0.2) is 71.1 Å². The van der Waals surface area contributed by atoms with Crippen molar-refractivity contribution in [2.24, 2.45) is 0 Å². The first-order chi connectivity index (χ1) is 14.0. The van der Waals surface area contributed by atoms with Crippen molar-refractivity contribution in [3.8, 4) is 17.2 Å². The molecule has 0 N–H and O–H groups in total. The Morgan fingerprint density at radius 1 is 0.862 bits per heavy atom. The van der Waals surface area contributed by atoms with Gasteiger partial charge in [0, 0.05) is 12.0 Å². The molecule has 0 radical (unpaired) electrons. The maximum absolute atomic E-state index is 6.00. The van der Waals surface area contributed by atoms with Crippen molar-refractivity contribution >= 4 is 10.8 Å². The molecule has 0 aliphatic rings. The summed E-state index contributed by atoms with van der Waals surface area (Å²) < 4.78 is 11.9. The fourth-order valence-electron chi connectivity index (χ4n) is 3.17. The van der Waals surface area contributed by atoms with Crippen LogP contribution in [0.25, 0.3) is 22.2 Å². The molecule has 0 spiro atoms. The molecule has 0 saturated heterocycles. The summed E-state index contributed by atoms with van der Waals surface area (Å²) in [6, 6.07) is 22.8. The van der Waals surface area contributed by atoms with Crippen LogP contribution in [0, 0.1) is 0 Å². The Morgan fingerprint density at radius 2 is 1.62 bits per heavy atom. The van der Waals surface area contributed by atoms with Gasteiger partial charge in [-0.3, -0.25) is 0 Å². The lowest BCUT2D eigenvalue weighted by atomic mass is 10.0. The summed E-state index contributed by atoms with van der Waals surface area (Å²) in [6.07, 6.45) is 2.53. The Kier molecular flexibility index (Phi) is 5.34. The van der Waals surface area contributed by atoms with Gasteiger partial charge in [0.05, 0.1) is 0 Å². The predicted molar refractivity (Wildman–Crippen MR) is 116 cm³/mol. The summed E-state index contributed by atoms with van der Waals surface area (Å²) in [7, 11) is 0. The van der Waals surface area contributed by atoms with Crippen molar-refractivity contribution in [1.82, 2.24) is 10.2 Å². The average Bonchev–Trinajstić information content (AvgIpc) is 3.21. The van der Waals surface area contributed by atoms with Crippen LogP contribution in [0.2, 0.25) is 0 Å². The largest absolute Gasteiger partial charge is 0.488 e. The fourth-order valence-corrected chi connectivity index (χ4v) is 3.17. The first-order valence-corrected chi connectivity index (χ1v) is 10.1. The molecular weight excluding hydrogens is 360 g/mol. The molecule has 0 atom stereocenters. The molecule has 1 heterocycles. The van der Waals surface area contributed by atoms with Gasteiger partial charge in [0.2, 0.25) is 11.8 Å². The van der Waals surface area contributed by atoms with Crippen LogP contribution in [-0.2, 0) is 12.8 Å². The van der Waals surface area contributed by atoms with Gasteiger partial charge in [0.1, 0.15) is 11.4 Å². The Balaban J connectivity index is 1.41. The van der Waals surface area contributed by atoms with E-state index in [-0.39, 0.29) is 5.60 Å². The molecule has 0 bridgehead atoms. The number of hydrogen-bond acceptors (Lipinski definition) is 4. The van der Waals surface area contributed by atoms with Gasteiger partial charge in [-0.1, -0.05) is 49.4 Å². The second-order valence-corrected chi connectivity index (χ2v) is 7.92. The minimum absolute atomic E-state index is 0.179. The SMILES string of the molecule is CCC(C)(C)Oc1ccc(-c2nnc(CCc3ccc4ccccc4c3)o2)cc1. The van der Waals surface area contributed by atoms with Crippen LogP contribution in [-0.4, -0.2) is 15.8 Å². The van der Waals surface area contributed by atoms with Crippen LogP contribution < -0.4 is 4.74 Å². The van der Waals surface area contributed by atoms with Gasteiger partial charge in [0.25, 0.3) is 0 Å². The van der Waals surface area contributed by atoms with E-state index in [1.54, 1.807) is 0 Å². The van der Waals surface area contributed by atoms with Gasteiger partial charge < -0.3 is 9.15 Å². The van der Waals surface area contributed by atoms with E-state index < -0.39 is 0 Å². The summed E-state index contributed by atoms with van der Waals surface area (Å²) in [5.74, 6) is 2.04. The number of nitrogens with zero attached hydrogens (tertiary/aromatic N) is 2. The van der Waals surface area contributed by atoms with Crippen LogP contribution >= 0.6 is 0 Å². The number of fused-ring (bicyclic) bond motifs is 1. The highest BCUT2D eigenvalue weighted by molar-refractivity contribution is 5.82. The molecule has 1 aromatic heterocycles. The van der Waals surface area contributed by atoms with Crippen LogP contribution in [0.5, 0.6) is 5.75 Å². The molecule has 0 amide bonds. The van der Waals surface area contributed by atoms with Crippen molar-refractivity contribution in [3.05, 3.63) is 78.2 Å². The van der Waals surface area contributed by atoms with E-state index in [0.29, 0.717) is 11.8 Å². The maximum Gasteiger partial charge on any atom is 0.247 e. The van der Waals surface area contributed by atoms with Crippen LogP contribution in [0.1, 0.15) is 38.6 Å². The summed E-state index contributed by atoms with van der Waals surface area (Å²) in [5, 5.41) is 10.9. The molecule has 0 aliphatic carbocycles. The second-order valence-electron chi connectivity index (χ2n) is 7.92. The lowest BCUT2D eigenvalue weighted by Crippen LogP contribution is -2.26. The van der Waals surface area contributed by atoms with E-state index in [1.165, 1.54) is 16.3 Å². The van der Waals surface area contributed by atoms with Gasteiger partial charge in [-0.15, -0.1) is 10.2 Å².